The molecule has 4 rings (SSSR count). The fourth-order valence-corrected chi connectivity index (χ4v) is 3.96. The van der Waals surface area contributed by atoms with E-state index >= 15 is 0 Å². The number of carboxylic acid groups (broad SMARTS) is 2. The van der Waals surface area contributed by atoms with Gasteiger partial charge in [-0.25, -0.2) is 4.68 Å². The Morgan fingerprint density at radius 3 is 2.51 bits per heavy atom. The lowest BCUT2D eigenvalue weighted by molar-refractivity contribution is -0.165. The van der Waals surface area contributed by atoms with Gasteiger partial charge in [-0.3, -0.25) is 19.2 Å². The first-order chi connectivity index (χ1) is 17.6. The fraction of sp³-hybridized carbons (Fsp3) is 0.308. The Morgan fingerprint density at radius 1 is 1.08 bits per heavy atom. The van der Waals surface area contributed by atoms with E-state index in [1.165, 1.54) is 12.3 Å². The summed E-state index contributed by atoms with van der Waals surface area (Å²) in [6.07, 6.45) is -0.250. The SMILES string of the molecule is CC(C)COc1ccc2c(C(=O)CC(CCn3nnc4ccccc4c3=O)(C(=O)O)C(=O)O)coc2c1. The number of rotatable bonds is 11. The highest BCUT2D eigenvalue weighted by molar-refractivity contribution is 6.11. The van der Waals surface area contributed by atoms with Gasteiger partial charge in [0.25, 0.3) is 5.56 Å². The van der Waals surface area contributed by atoms with E-state index in [9.17, 15) is 29.4 Å². The largest absolute Gasteiger partial charge is 0.493 e. The lowest BCUT2D eigenvalue weighted by atomic mass is 9.78. The van der Waals surface area contributed by atoms with Crippen molar-refractivity contribution in [2.24, 2.45) is 11.3 Å². The van der Waals surface area contributed by atoms with Crippen LogP contribution in [-0.4, -0.2) is 49.5 Å². The molecular formula is C26H25N3O8. The minimum absolute atomic E-state index is 0.0555. The number of nitrogens with zero attached hydrogens (tertiary/aromatic N) is 3. The summed E-state index contributed by atoms with van der Waals surface area (Å²) in [5, 5.41) is 28.2. The summed E-state index contributed by atoms with van der Waals surface area (Å²) in [7, 11) is 0. The Hall–Kier alpha value is -4.54. The van der Waals surface area contributed by atoms with Gasteiger partial charge < -0.3 is 19.4 Å². The Kier molecular flexibility index (Phi) is 7.05. The van der Waals surface area contributed by atoms with Gasteiger partial charge in [-0.1, -0.05) is 31.2 Å². The molecule has 11 heteroatoms. The van der Waals surface area contributed by atoms with Crippen LogP contribution in [0, 0.1) is 11.3 Å². The van der Waals surface area contributed by atoms with Gasteiger partial charge in [-0.05, 0) is 36.6 Å². The molecule has 0 fully saturated rings. The predicted octanol–water partition coefficient (Wildman–Crippen LogP) is 3.39. The van der Waals surface area contributed by atoms with Crippen molar-refractivity contribution < 1.29 is 33.8 Å². The summed E-state index contributed by atoms with van der Waals surface area (Å²) in [6.45, 7) is 4.12. The van der Waals surface area contributed by atoms with Crippen LogP contribution in [0.2, 0.25) is 0 Å². The Balaban J connectivity index is 1.60. The Morgan fingerprint density at radius 2 is 1.81 bits per heavy atom. The smallest absolute Gasteiger partial charge is 0.321 e. The van der Waals surface area contributed by atoms with Crippen LogP contribution in [-0.2, 0) is 16.1 Å². The van der Waals surface area contributed by atoms with E-state index in [0.29, 0.717) is 34.8 Å². The van der Waals surface area contributed by atoms with Gasteiger partial charge >= 0.3 is 11.9 Å². The molecule has 4 aromatic rings. The average Bonchev–Trinajstić information content (AvgIpc) is 3.29. The Bertz CT molecular complexity index is 1540. The van der Waals surface area contributed by atoms with Crippen molar-refractivity contribution >= 4 is 39.6 Å². The molecule has 0 aliphatic heterocycles. The second-order valence-electron chi connectivity index (χ2n) is 9.19. The Labute approximate surface area is 210 Å². The molecule has 2 N–H and O–H groups in total. The van der Waals surface area contributed by atoms with Crippen LogP contribution in [0.3, 0.4) is 0 Å². The molecule has 0 spiro atoms. The molecule has 0 bridgehead atoms. The van der Waals surface area contributed by atoms with E-state index in [1.54, 1.807) is 36.4 Å². The first-order valence-corrected chi connectivity index (χ1v) is 11.6. The lowest BCUT2D eigenvalue weighted by Crippen LogP contribution is -2.43. The number of aliphatic carboxylic acids is 2. The molecule has 0 aliphatic carbocycles. The molecular weight excluding hydrogens is 482 g/mol. The summed E-state index contributed by atoms with van der Waals surface area (Å²) in [5.41, 5.74) is -2.30. The van der Waals surface area contributed by atoms with Crippen LogP contribution >= 0.6 is 0 Å². The van der Waals surface area contributed by atoms with Crippen LogP contribution in [0.5, 0.6) is 5.75 Å². The molecule has 0 radical (unpaired) electrons. The minimum Gasteiger partial charge on any atom is -0.493 e. The van der Waals surface area contributed by atoms with Crippen LogP contribution in [0.1, 0.15) is 37.0 Å². The third-order valence-electron chi connectivity index (χ3n) is 6.09. The number of carbonyl (C=O) groups is 3. The van der Waals surface area contributed by atoms with Crippen LogP contribution in [0.15, 0.2) is 57.9 Å². The van der Waals surface area contributed by atoms with E-state index in [0.717, 1.165) is 4.68 Å². The van der Waals surface area contributed by atoms with Crippen molar-refractivity contribution in [1.82, 2.24) is 15.0 Å². The molecule has 2 aromatic carbocycles. The normalized spacial score (nSPS) is 11.8. The highest BCUT2D eigenvalue weighted by Crippen LogP contribution is 2.33. The van der Waals surface area contributed by atoms with Crippen LogP contribution in [0.4, 0.5) is 0 Å². The number of ketones is 1. The van der Waals surface area contributed by atoms with Gasteiger partial charge in [0.1, 0.15) is 23.1 Å². The summed E-state index contributed by atoms with van der Waals surface area (Å²) in [6, 6.07) is 11.3. The summed E-state index contributed by atoms with van der Waals surface area (Å²) in [5.74, 6) is -3.28. The van der Waals surface area contributed by atoms with Crippen molar-refractivity contribution in [2.75, 3.05) is 6.61 Å². The fourth-order valence-electron chi connectivity index (χ4n) is 3.96. The van der Waals surface area contributed by atoms with E-state index in [4.69, 9.17) is 9.15 Å². The van der Waals surface area contributed by atoms with Gasteiger partial charge in [0.2, 0.25) is 0 Å². The number of carboxylic acids is 2. The molecule has 0 amide bonds. The third-order valence-corrected chi connectivity index (χ3v) is 6.09. The molecule has 0 saturated carbocycles. The first kappa shape index (κ1) is 25.5. The highest BCUT2D eigenvalue weighted by atomic mass is 16.5. The number of hydrogen-bond donors (Lipinski definition) is 2. The zero-order valence-corrected chi connectivity index (χ0v) is 20.2. The quantitative estimate of drug-likeness (QED) is 0.227. The number of hydrogen-bond acceptors (Lipinski definition) is 8. The molecule has 0 unspecified atom stereocenters. The standard InChI is InChI=1S/C26H25N3O8/c1-15(2)13-36-16-7-8-17-19(14-37-22(17)11-16)21(30)12-26(24(32)33,25(34)35)9-10-29-23(31)18-5-3-4-6-20(18)27-28-29/h3-8,11,14-15H,9-10,12-13H2,1-2H3,(H,32,33)(H,34,35). The molecule has 2 aromatic heterocycles. The van der Waals surface area contributed by atoms with Gasteiger partial charge in [0.05, 0.1) is 17.6 Å². The monoisotopic (exact) mass is 507 g/mol. The minimum atomic E-state index is -2.51. The maximum Gasteiger partial charge on any atom is 0.321 e. The lowest BCUT2D eigenvalue weighted by Gasteiger charge is -2.24. The van der Waals surface area contributed by atoms with E-state index in [-0.39, 0.29) is 17.5 Å². The predicted molar refractivity (Wildman–Crippen MR) is 132 cm³/mol. The number of fused-ring (bicyclic) bond motifs is 2. The van der Waals surface area contributed by atoms with Crippen LogP contribution < -0.4 is 10.3 Å². The number of carbonyl (C=O) groups excluding carboxylic acids is 1. The van der Waals surface area contributed by atoms with Gasteiger partial charge in [0.15, 0.2) is 11.2 Å². The number of benzene rings is 2. The maximum atomic E-state index is 13.2. The zero-order valence-electron chi connectivity index (χ0n) is 20.2. The number of aromatic nitrogens is 3. The number of aryl methyl sites for hydroxylation is 1. The van der Waals surface area contributed by atoms with E-state index in [1.807, 2.05) is 13.8 Å². The van der Waals surface area contributed by atoms with E-state index in [2.05, 4.69) is 10.3 Å². The topological polar surface area (TPSA) is 162 Å². The second-order valence-corrected chi connectivity index (χ2v) is 9.19. The average molecular weight is 507 g/mol. The van der Waals surface area contributed by atoms with Crippen molar-refractivity contribution in [3.8, 4) is 5.75 Å². The summed E-state index contributed by atoms with van der Waals surface area (Å²) >= 11 is 0. The van der Waals surface area contributed by atoms with Crippen molar-refractivity contribution in [2.45, 2.75) is 33.2 Å². The number of Topliss-reactive ketones (excluding diaryl/α,β-unsaturated/α-hetero) is 1. The first-order valence-electron chi connectivity index (χ1n) is 11.6. The molecule has 0 aliphatic rings. The molecule has 0 atom stereocenters. The summed E-state index contributed by atoms with van der Waals surface area (Å²) in [4.78, 5) is 50.4. The number of ether oxygens (including phenoxy) is 1. The second kappa shape index (κ2) is 10.2. The van der Waals surface area contributed by atoms with Crippen molar-refractivity contribution in [3.05, 3.63) is 64.6 Å². The van der Waals surface area contributed by atoms with Crippen LogP contribution in [0.25, 0.3) is 21.9 Å². The number of furan rings is 1. The molecule has 37 heavy (non-hydrogen) atoms. The van der Waals surface area contributed by atoms with Gasteiger partial charge in [0, 0.05) is 24.4 Å². The molecule has 11 nitrogen and oxygen atoms in total. The highest BCUT2D eigenvalue weighted by Gasteiger charge is 2.48. The van der Waals surface area contributed by atoms with Gasteiger partial charge in [-0.15, -0.1) is 5.10 Å². The summed E-state index contributed by atoms with van der Waals surface area (Å²) < 4.78 is 12.0. The molecule has 2 heterocycles. The van der Waals surface area contributed by atoms with Crippen molar-refractivity contribution in [3.63, 3.8) is 0 Å². The molecule has 0 saturated heterocycles. The zero-order chi connectivity index (χ0) is 26.7. The molecule has 192 valence electrons. The van der Waals surface area contributed by atoms with Crippen molar-refractivity contribution in [1.29, 1.82) is 0 Å². The third kappa shape index (κ3) is 5.06. The van der Waals surface area contributed by atoms with E-state index < -0.39 is 41.5 Å². The maximum absolute atomic E-state index is 13.2. The van der Waals surface area contributed by atoms with Gasteiger partial charge in [-0.2, -0.15) is 0 Å².